The van der Waals surface area contributed by atoms with Crippen LogP contribution >= 0.6 is 0 Å². The number of ether oxygens (including phenoxy) is 1. The Morgan fingerprint density at radius 3 is 2.83 bits per heavy atom. The zero-order valence-corrected chi connectivity index (χ0v) is 14.6. The highest BCUT2D eigenvalue weighted by Crippen LogP contribution is 2.23. The van der Waals surface area contributed by atoms with E-state index in [4.69, 9.17) is 4.74 Å². The van der Waals surface area contributed by atoms with E-state index < -0.39 is 8.07 Å². The molecule has 0 aromatic carbocycles. The van der Waals surface area contributed by atoms with Gasteiger partial charge in [-0.15, -0.1) is 0 Å². The fourth-order valence-corrected chi connectivity index (χ4v) is 3.10. The summed E-state index contributed by atoms with van der Waals surface area (Å²) in [5, 5.41) is 6.06. The average molecular weight is 331 g/mol. The van der Waals surface area contributed by atoms with Crippen molar-refractivity contribution < 1.29 is 4.74 Å². The molecule has 0 spiro atoms. The third-order valence-corrected chi connectivity index (χ3v) is 5.39. The van der Waals surface area contributed by atoms with E-state index in [0.717, 1.165) is 23.7 Å². The second-order valence-corrected chi connectivity index (χ2v) is 12.4. The van der Waals surface area contributed by atoms with Gasteiger partial charge in [-0.2, -0.15) is 0 Å². The third kappa shape index (κ3) is 3.43. The number of rotatable bonds is 6. The lowest BCUT2D eigenvalue weighted by molar-refractivity contribution is 0.0899. The van der Waals surface area contributed by atoms with Gasteiger partial charge in [-0.3, -0.25) is 9.89 Å². The molecule has 0 bridgehead atoms. The number of hydrogen-bond acceptors (Lipinski definition) is 4. The first-order valence-corrected chi connectivity index (χ1v) is 11.3. The molecule has 3 aromatic heterocycles. The smallest absolute Gasteiger partial charge is 0.273 e. The molecule has 0 atom stereocenters. The molecule has 3 rings (SSSR count). The topological polar surface area (TPSA) is 88.6 Å². The molecule has 2 N–H and O–H groups in total. The number of H-pyrrole nitrogens is 2. The Bertz CT molecular complexity index is 858. The minimum atomic E-state index is -1.09. The third-order valence-electron chi connectivity index (χ3n) is 3.68. The van der Waals surface area contributed by atoms with Crippen LogP contribution in [0.25, 0.3) is 22.3 Å². The van der Waals surface area contributed by atoms with Gasteiger partial charge in [0.2, 0.25) is 0 Å². The Balaban J connectivity index is 1.82. The van der Waals surface area contributed by atoms with Crippen LogP contribution in [0.5, 0.6) is 0 Å². The van der Waals surface area contributed by atoms with E-state index in [0.29, 0.717) is 18.0 Å². The molecule has 8 heteroatoms. The van der Waals surface area contributed by atoms with Crippen LogP contribution in [0.3, 0.4) is 0 Å². The first-order chi connectivity index (χ1) is 11.0. The van der Waals surface area contributed by atoms with E-state index in [-0.39, 0.29) is 5.56 Å². The first-order valence-electron chi connectivity index (χ1n) is 7.60. The highest BCUT2D eigenvalue weighted by atomic mass is 28.3. The van der Waals surface area contributed by atoms with Crippen molar-refractivity contribution in [3.63, 3.8) is 0 Å². The largest absolute Gasteiger partial charge is 0.361 e. The molecule has 0 aliphatic heterocycles. The molecule has 0 aliphatic rings. The predicted molar refractivity (Wildman–Crippen MR) is 92.0 cm³/mol. The molecule has 3 heterocycles. The summed E-state index contributed by atoms with van der Waals surface area (Å²) >= 11 is 0. The Hall–Kier alpha value is -2.19. The van der Waals surface area contributed by atoms with E-state index >= 15 is 0 Å². The van der Waals surface area contributed by atoms with Crippen LogP contribution in [-0.2, 0) is 11.5 Å². The normalized spacial score (nSPS) is 12.1. The maximum atomic E-state index is 11.8. The number of nitrogens with one attached hydrogen (secondary N) is 2. The maximum Gasteiger partial charge on any atom is 0.273 e. The van der Waals surface area contributed by atoms with Crippen LogP contribution in [0.2, 0.25) is 25.7 Å². The van der Waals surface area contributed by atoms with Gasteiger partial charge in [0.1, 0.15) is 18.7 Å². The molecule has 0 saturated heterocycles. The Morgan fingerprint density at radius 2 is 2.13 bits per heavy atom. The molecule has 0 saturated carbocycles. The van der Waals surface area contributed by atoms with Crippen molar-refractivity contribution in [1.82, 2.24) is 24.7 Å². The average Bonchev–Trinajstić information content (AvgIpc) is 3.09. The lowest BCUT2D eigenvalue weighted by atomic mass is 10.2. The van der Waals surface area contributed by atoms with Crippen molar-refractivity contribution in [2.75, 3.05) is 6.61 Å². The fourth-order valence-electron chi connectivity index (χ4n) is 2.35. The van der Waals surface area contributed by atoms with Crippen LogP contribution < -0.4 is 5.56 Å². The first kappa shape index (κ1) is 15.7. The van der Waals surface area contributed by atoms with Crippen LogP contribution in [0, 0.1) is 0 Å². The fraction of sp³-hybridized carbons (Fsp3) is 0.400. The Morgan fingerprint density at radius 1 is 1.30 bits per heavy atom. The summed E-state index contributed by atoms with van der Waals surface area (Å²) < 4.78 is 7.72. The number of aromatic amines is 2. The van der Waals surface area contributed by atoms with Crippen LogP contribution in [-0.4, -0.2) is 39.4 Å². The molecule has 0 aliphatic carbocycles. The van der Waals surface area contributed by atoms with E-state index in [9.17, 15) is 4.79 Å². The van der Waals surface area contributed by atoms with Crippen molar-refractivity contribution in [1.29, 1.82) is 0 Å². The summed E-state index contributed by atoms with van der Waals surface area (Å²) in [6.07, 6.45) is 5.01. The molecule has 0 unspecified atom stereocenters. The van der Waals surface area contributed by atoms with Gasteiger partial charge in [0, 0.05) is 32.5 Å². The Kier molecular flexibility index (Phi) is 4.18. The number of nitrogens with zero attached hydrogens (tertiary/aromatic N) is 3. The lowest BCUT2D eigenvalue weighted by Crippen LogP contribution is -2.22. The standard InChI is InChI=1S/C15H21N5O2Si/c1-23(2,3)7-6-22-10-20-5-4-11-13(16-9-17-14(11)20)12-8-18-19-15(12)21/h4-5,8-9H,6-7,10H2,1-3H3,(H2,18,19,21). The second kappa shape index (κ2) is 6.13. The predicted octanol–water partition coefficient (Wildman–Crippen LogP) is 2.43. The van der Waals surface area contributed by atoms with Crippen molar-refractivity contribution in [2.24, 2.45) is 0 Å². The van der Waals surface area contributed by atoms with Gasteiger partial charge in [0.15, 0.2) is 0 Å². The van der Waals surface area contributed by atoms with Crippen LogP contribution in [0.1, 0.15) is 0 Å². The molecule has 3 aromatic rings. The number of hydrogen-bond donors (Lipinski definition) is 2. The van der Waals surface area contributed by atoms with Gasteiger partial charge >= 0.3 is 0 Å². The van der Waals surface area contributed by atoms with E-state index in [1.807, 2.05) is 16.8 Å². The van der Waals surface area contributed by atoms with Crippen molar-refractivity contribution >= 4 is 19.1 Å². The van der Waals surface area contributed by atoms with Gasteiger partial charge in [0.25, 0.3) is 5.56 Å². The lowest BCUT2D eigenvalue weighted by Gasteiger charge is -2.15. The van der Waals surface area contributed by atoms with E-state index in [1.54, 1.807) is 6.20 Å². The molecule has 0 fully saturated rings. The molecule has 122 valence electrons. The zero-order chi connectivity index (χ0) is 16.4. The van der Waals surface area contributed by atoms with Crippen LogP contribution in [0.15, 0.2) is 29.6 Å². The van der Waals surface area contributed by atoms with Crippen molar-refractivity contribution in [2.45, 2.75) is 32.4 Å². The molecule has 0 amide bonds. The summed E-state index contributed by atoms with van der Waals surface area (Å²) in [6, 6.07) is 3.05. The van der Waals surface area contributed by atoms with Gasteiger partial charge in [-0.1, -0.05) is 19.6 Å². The van der Waals surface area contributed by atoms with Gasteiger partial charge in [-0.25, -0.2) is 9.97 Å². The summed E-state index contributed by atoms with van der Waals surface area (Å²) in [4.78, 5) is 20.4. The van der Waals surface area contributed by atoms with Gasteiger partial charge < -0.3 is 14.4 Å². The molecular formula is C15H21N5O2Si. The quantitative estimate of drug-likeness (QED) is 0.536. The highest BCUT2D eigenvalue weighted by Gasteiger charge is 2.14. The SMILES string of the molecule is C[Si](C)(C)CCOCn1ccc2c(-c3c[nH][nH]c3=O)ncnc21. The van der Waals surface area contributed by atoms with Crippen molar-refractivity contribution in [3.05, 3.63) is 35.1 Å². The maximum absolute atomic E-state index is 11.8. The van der Waals surface area contributed by atoms with E-state index in [2.05, 4.69) is 39.8 Å². The minimum Gasteiger partial charge on any atom is -0.361 e. The van der Waals surface area contributed by atoms with Crippen molar-refractivity contribution in [3.8, 4) is 11.3 Å². The highest BCUT2D eigenvalue weighted by molar-refractivity contribution is 6.76. The minimum absolute atomic E-state index is 0.191. The molecule has 23 heavy (non-hydrogen) atoms. The summed E-state index contributed by atoms with van der Waals surface area (Å²) in [5.74, 6) is 0. The molecular weight excluding hydrogens is 310 g/mol. The van der Waals surface area contributed by atoms with Crippen LogP contribution in [0.4, 0.5) is 0 Å². The van der Waals surface area contributed by atoms with Gasteiger partial charge in [0.05, 0.1) is 11.3 Å². The summed E-state index contributed by atoms with van der Waals surface area (Å²) in [5.41, 5.74) is 1.71. The molecule has 7 nitrogen and oxygen atoms in total. The molecule has 0 radical (unpaired) electrons. The Labute approximate surface area is 134 Å². The number of aromatic nitrogens is 5. The second-order valence-electron chi connectivity index (χ2n) is 6.75. The zero-order valence-electron chi connectivity index (χ0n) is 13.6. The summed E-state index contributed by atoms with van der Waals surface area (Å²) in [6.45, 7) is 8.19. The number of fused-ring (bicyclic) bond motifs is 1. The van der Waals surface area contributed by atoms with E-state index in [1.165, 1.54) is 6.33 Å². The summed E-state index contributed by atoms with van der Waals surface area (Å²) in [7, 11) is -1.09. The van der Waals surface area contributed by atoms with Gasteiger partial charge in [-0.05, 0) is 12.1 Å². The monoisotopic (exact) mass is 331 g/mol.